The maximum atomic E-state index is 5.20. The average Bonchev–Trinajstić information content (AvgIpc) is 2.79. The molecule has 0 bridgehead atoms. The summed E-state index contributed by atoms with van der Waals surface area (Å²) < 4.78 is 0.854. The van der Waals surface area contributed by atoms with E-state index in [1.165, 1.54) is 54.2 Å². The number of aromatic nitrogens is 1. The van der Waals surface area contributed by atoms with Crippen LogP contribution in [-0.4, -0.2) is 18.1 Å². The molecule has 0 radical (unpaired) electrons. The Kier molecular flexibility index (Phi) is 3.71. The highest BCUT2D eigenvalue weighted by atomic mass is 32.1. The van der Waals surface area contributed by atoms with Gasteiger partial charge in [-0.25, -0.2) is 0 Å². The van der Waals surface area contributed by atoms with Crippen LogP contribution >= 0.6 is 23.6 Å². The first-order chi connectivity index (χ1) is 9.24. The zero-order valence-electron chi connectivity index (χ0n) is 11.1. The molecule has 0 unspecified atom stereocenters. The van der Waals surface area contributed by atoms with Crippen molar-refractivity contribution in [3.8, 4) is 10.4 Å². The lowest BCUT2D eigenvalue weighted by molar-refractivity contribution is 0.578. The molecule has 1 aliphatic rings. The average molecular weight is 290 g/mol. The Morgan fingerprint density at radius 1 is 1.11 bits per heavy atom. The number of benzene rings is 1. The van der Waals surface area contributed by atoms with Gasteiger partial charge in [-0.15, -0.1) is 11.3 Å². The Hall–Kier alpha value is -1.13. The quantitative estimate of drug-likeness (QED) is 0.803. The number of aromatic amines is 1. The van der Waals surface area contributed by atoms with Gasteiger partial charge in [0.15, 0.2) is 3.95 Å². The smallest absolute Gasteiger partial charge is 0.159 e. The lowest BCUT2D eigenvalue weighted by Crippen LogP contribution is -2.29. The van der Waals surface area contributed by atoms with Gasteiger partial charge in [0.05, 0.1) is 4.88 Å². The fraction of sp³-hybridized carbons (Fsp3) is 0.400. The van der Waals surface area contributed by atoms with Crippen molar-refractivity contribution in [3.05, 3.63) is 33.9 Å². The third-order valence-corrected chi connectivity index (χ3v) is 5.06. The number of thiazole rings is 1. The van der Waals surface area contributed by atoms with Crippen molar-refractivity contribution in [1.29, 1.82) is 0 Å². The van der Waals surface area contributed by atoms with Crippen LogP contribution in [-0.2, 0) is 0 Å². The van der Waals surface area contributed by atoms with E-state index >= 15 is 0 Å². The number of rotatable bonds is 2. The van der Waals surface area contributed by atoms with Crippen LogP contribution < -0.4 is 4.90 Å². The number of anilines is 1. The lowest BCUT2D eigenvalue weighted by atomic mass is 10.1. The molecule has 2 aromatic rings. The Labute approximate surface area is 123 Å². The summed E-state index contributed by atoms with van der Waals surface area (Å²) in [5.74, 6) is 0. The molecule has 0 saturated carbocycles. The van der Waals surface area contributed by atoms with Gasteiger partial charge >= 0.3 is 0 Å². The molecule has 1 N–H and O–H groups in total. The van der Waals surface area contributed by atoms with Crippen LogP contribution in [0.15, 0.2) is 24.3 Å². The molecule has 19 heavy (non-hydrogen) atoms. The number of hydrogen-bond acceptors (Lipinski definition) is 3. The van der Waals surface area contributed by atoms with Gasteiger partial charge in [0.25, 0.3) is 0 Å². The molecule has 1 aliphatic heterocycles. The largest absolute Gasteiger partial charge is 0.372 e. The first-order valence-corrected chi connectivity index (χ1v) is 8.01. The van der Waals surface area contributed by atoms with Gasteiger partial charge in [0, 0.05) is 24.5 Å². The number of nitrogens with one attached hydrogen (secondary N) is 1. The number of hydrogen-bond donors (Lipinski definition) is 1. The number of H-pyrrole nitrogens is 1. The molecule has 1 fully saturated rings. The van der Waals surface area contributed by atoms with Gasteiger partial charge in [-0.1, -0.05) is 12.1 Å². The van der Waals surface area contributed by atoms with E-state index in [4.69, 9.17) is 12.2 Å². The Morgan fingerprint density at radius 2 is 1.79 bits per heavy atom. The summed E-state index contributed by atoms with van der Waals surface area (Å²) in [6.07, 6.45) is 4.01. The summed E-state index contributed by atoms with van der Waals surface area (Å²) in [7, 11) is 0. The standard InChI is InChI=1S/C15H18N2S2/c1-11-14(19-15(18)16-11)12-5-7-13(8-6-12)17-9-3-2-4-10-17/h5-8H,2-4,9-10H2,1H3,(H,16,18). The van der Waals surface area contributed by atoms with Crippen LogP contribution in [0.5, 0.6) is 0 Å². The summed E-state index contributed by atoms with van der Waals surface area (Å²) in [5.41, 5.74) is 3.77. The highest BCUT2D eigenvalue weighted by Gasteiger charge is 2.11. The Balaban J connectivity index is 1.86. The van der Waals surface area contributed by atoms with Crippen LogP contribution in [0.25, 0.3) is 10.4 Å². The Bertz CT molecular complexity index is 604. The van der Waals surface area contributed by atoms with Gasteiger partial charge in [-0.05, 0) is 56.1 Å². The molecule has 100 valence electrons. The van der Waals surface area contributed by atoms with E-state index in [0.29, 0.717) is 0 Å². The van der Waals surface area contributed by atoms with Crippen molar-refractivity contribution in [2.75, 3.05) is 18.0 Å². The van der Waals surface area contributed by atoms with Crippen LogP contribution in [0.2, 0.25) is 0 Å². The molecule has 1 aromatic heterocycles. The minimum absolute atomic E-state index is 0.854. The summed E-state index contributed by atoms with van der Waals surface area (Å²) >= 11 is 6.86. The zero-order valence-corrected chi connectivity index (χ0v) is 12.7. The molecule has 0 spiro atoms. The van der Waals surface area contributed by atoms with Gasteiger partial charge in [0.1, 0.15) is 0 Å². The van der Waals surface area contributed by atoms with Crippen molar-refractivity contribution in [2.45, 2.75) is 26.2 Å². The summed E-state index contributed by atoms with van der Waals surface area (Å²) in [6, 6.07) is 8.91. The molecular formula is C15H18N2S2. The first kappa shape index (κ1) is 12.9. The molecule has 1 saturated heterocycles. The van der Waals surface area contributed by atoms with E-state index in [1.807, 2.05) is 0 Å². The third kappa shape index (κ3) is 2.74. The van der Waals surface area contributed by atoms with Crippen molar-refractivity contribution in [1.82, 2.24) is 4.98 Å². The van der Waals surface area contributed by atoms with Crippen molar-refractivity contribution in [3.63, 3.8) is 0 Å². The molecule has 3 rings (SSSR count). The molecule has 0 atom stereocenters. The fourth-order valence-electron chi connectivity index (χ4n) is 2.66. The highest BCUT2D eigenvalue weighted by Crippen LogP contribution is 2.30. The van der Waals surface area contributed by atoms with E-state index in [1.54, 1.807) is 11.3 Å². The van der Waals surface area contributed by atoms with Crippen LogP contribution in [0.1, 0.15) is 25.0 Å². The highest BCUT2D eigenvalue weighted by molar-refractivity contribution is 7.73. The van der Waals surface area contributed by atoms with Crippen LogP contribution in [0.4, 0.5) is 5.69 Å². The van der Waals surface area contributed by atoms with Crippen molar-refractivity contribution >= 4 is 29.2 Å². The van der Waals surface area contributed by atoms with Crippen LogP contribution in [0, 0.1) is 10.9 Å². The molecule has 2 heterocycles. The van der Waals surface area contributed by atoms with E-state index in [-0.39, 0.29) is 0 Å². The molecule has 4 heteroatoms. The maximum absolute atomic E-state index is 5.20. The second-order valence-electron chi connectivity index (χ2n) is 5.06. The van der Waals surface area contributed by atoms with E-state index < -0.39 is 0 Å². The second kappa shape index (κ2) is 5.47. The molecular weight excluding hydrogens is 272 g/mol. The third-order valence-electron chi connectivity index (χ3n) is 3.68. The minimum atomic E-state index is 0.854. The second-order valence-corrected chi connectivity index (χ2v) is 6.75. The predicted octanol–water partition coefficient (Wildman–Crippen LogP) is 4.77. The number of aryl methyl sites for hydroxylation is 1. The molecule has 0 amide bonds. The monoisotopic (exact) mass is 290 g/mol. The topological polar surface area (TPSA) is 19.0 Å². The summed E-state index contributed by atoms with van der Waals surface area (Å²) in [6.45, 7) is 4.48. The lowest BCUT2D eigenvalue weighted by Gasteiger charge is -2.28. The Morgan fingerprint density at radius 3 is 2.37 bits per heavy atom. The summed E-state index contributed by atoms with van der Waals surface area (Å²) in [4.78, 5) is 6.95. The van der Waals surface area contributed by atoms with Gasteiger partial charge in [-0.3, -0.25) is 0 Å². The number of nitrogens with zero attached hydrogens (tertiary/aromatic N) is 1. The molecule has 1 aromatic carbocycles. The van der Waals surface area contributed by atoms with Gasteiger partial charge in [-0.2, -0.15) is 0 Å². The normalized spacial score (nSPS) is 15.7. The van der Waals surface area contributed by atoms with E-state index in [0.717, 1.165) is 3.95 Å². The van der Waals surface area contributed by atoms with E-state index in [9.17, 15) is 0 Å². The van der Waals surface area contributed by atoms with Crippen molar-refractivity contribution in [2.24, 2.45) is 0 Å². The fourth-order valence-corrected chi connectivity index (χ4v) is 3.91. The maximum Gasteiger partial charge on any atom is 0.159 e. The van der Waals surface area contributed by atoms with Gasteiger partial charge < -0.3 is 9.88 Å². The SMILES string of the molecule is Cc1[nH]c(=S)sc1-c1ccc(N2CCCCC2)cc1. The van der Waals surface area contributed by atoms with Crippen LogP contribution in [0.3, 0.4) is 0 Å². The van der Waals surface area contributed by atoms with Gasteiger partial charge in [0.2, 0.25) is 0 Å². The number of piperidine rings is 1. The van der Waals surface area contributed by atoms with E-state index in [2.05, 4.69) is 41.1 Å². The minimum Gasteiger partial charge on any atom is -0.372 e. The first-order valence-electron chi connectivity index (χ1n) is 6.79. The van der Waals surface area contributed by atoms with Crippen molar-refractivity contribution < 1.29 is 0 Å². The predicted molar refractivity (Wildman–Crippen MR) is 85.7 cm³/mol. The summed E-state index contributed by atoms with van der Waals surface area (Å²) in [5, 5.41) is 0. The zero-order chi connectivity index (χ0) is 13.2. The molecule has 0 aliphatic carbocycles. The molecule has 2 nitrogen and oxygen atoms in total.